The van der Waals surface area contributed by atoms with Gasteiger partial charge in [-0.05, 0) is 43.5 Å². The highest BCUT2D eigenvalue weighted by Crippen LogP contribution is 2.21. The molecule has 1 saturated heterocycles. The minimum Gasteiger partial charge on any atom is -0.337 e. The van der Waals surface area contributed by atoms with Crippen molar-refractivity contribution >= 4 is 21.8 Å². The monoisotopic (exact) mass is 376 g/mol. The zero-order chi connectivity index (χ0) is 16.4. The topological polar surface area (TPSA) is 64.2 Å². The SMILES string of the molecule is CCc1c(C(=O)N2CCCC(N)C2)cnn1-c1ccc(Br)cc1. The van der Waals surface area contributed by atoms with Crippen LogP contribution in [-0.4, -0.2) is 39.7 Å². The van der Waals surface area contributed by atoms with Crippen molar-refractivity contribution in [2.45, 2.75) is 32.2 Å². The van der Waals surface area contributed by atoms with Gasteiger partial charge in [0.1, 0.15) is 0 Å². The Morgan fingerprint density at radius 2 is 2.13 bits per heavy atom. The summed E-state index contributed by atoms with van der Waals surface area (Å²) in [6, 6.07) is 8.01. The van der Waals surface area contributed by atoms with Crippen molar-refractivity contribution in [3.8, 4) is 5.69 Å². The van der Waals surface area contributed by atoms with Crippen LogP contribution in [0.4, 0.5) is 0 Å². The second kappa shape index (κ2) is 6.84. The largest absolute Gasteiger partial charge is 0.337 e. The molecule has 1 aromatic heterocycles. The number of rotatable bonds is 3. The zero-order valence-electron chi connectivity index (χ0n) is 13.2. The molecule has 5 nitrogen and oxygen atoms in total. The lowest BCUT2D eigenvalue weighted by Gasteiger charge is -2.30. The lowest BCUT2D eigenvalue weighted by molar-refractivity contribution is 0.0707. The molecule has 0 radical (unpaired) electrons. The molecule has 1 aromatic carbocycles. The molecule has 1 fully saturated rings. The first-order chi connectivity index (χ1) is 11.1. The van der Waals surface area contributed by atoms with E-state index in [2.05, 4.69) is 21.0 Å². The summed E-state index contributed by atoms with van der Waals surface area (Å²) in [6.45, 7) is 3.45. The van der Waals surface area contributed by atoms with E-state index in [1.54, 1.807) is 6.20 Å². The quantitative estimate of drug-likeness (QED) is 0.895. The number of carbonyl (C=O) groups excluding carboxylic acids is 1. The predicted molar refractivity (Wildman–Crippen MR) is 93.8 cm³/mol. The molecule has 6 heteroatoms. The molecule has 1 aliphatic heterocycles. The Kier molecular flexibility index (Phi) is 4.82. The average molecular weight is 377 g/mol. The Labute approximate surface area is 144 Å². The van der Waals surface area contributed by atoms with Crippen LogP contribution in [-0.2, 0) is 6.42 Å². The van der Waals surface area contributed by atoms with Crippen molar-refractivity contribution in [2.24, 2.45) is 5.73 Å². The van der Waals surface area contributed by atoms with Crippen LogP contribution in [0.3, 0.4) is 0 Å². The van der Waals surface area contributed by atoms with Crippen molar-refractivity contribution in [1.29, 1.82) is 0 Å². The normalized spacial score (nSPS) is 18.2. The van der Waals surface area contributed by atoms with Gasteiger partial charge >= 0.3 is 0 Å². The molecule has 0 bridgehead atoms. The van der Waals surface area contributed by atoms with Crippen LogP contribution in [0, 0.1) is 0 Å². The van der Waals surface area contributed by atoms with Gasteiger partial charge in [-0.1, -0.05) is 22.9 Å². The van der Waals surface area contributed by atoms with E-state index in [9.17, 15) is 4.79 Å². The van der Waals surface area contributed by atoms with Crippen LogP contribution < -0.4 is 5.73 Å². The van der Waals surface area contributed by atoms with Gasteiger partial charge in [0.25, 0.3) is 5.91 Å². The van der Waals surface area contributed by atoms with Gasteiger partial charge < -0.3 is 10.6 Å². The molecule has 1 aliphatic rings. The molecule has 122 valence electrons. The second-order valence-corrected chi connectivity index (χ2v) is 6.82. The summed E-state index contributed by atoms with van der Waals surface area (Å²) in [4.78, 5) is 14.7. The van der Waals surface area contributed by atoms with Crippen LogP contribution in [0.5, 0.6) is 0 Å². The molecule has 3 rings (SSSR count). The van der Waals surface area contributed by atoms with Crippen LogP contribution in [0.1, 0.15) is 35.8 Å². The molecule has 0 saturated carbocycles. The van der Waals surface area contributed by atoms with Crippen LogP contribution >= 0.6 is 15.9 Å². The molecule has 0 spiro atoms. The smallest absolute Gasteiger partial charge is 0.257 e. The number of benzene rings is 1. The Hall–Kier alpha value is -1.66. The van der Waals surface area contributed by atoms with Crippen molar-refractivity contribution in [3.63, 3.8) is 0 Å². The molecule has 1 amide bonds. The third-order valence-corrected chi connectivity index (χ3v) is 4.78. The zero-order valence-corrected chi connectivity index (χ0v) is 14.8. The number of halogens is 1. The number of amides is 1. The third-order valence-electron chi connectivity index (χ3n) is 4.25. The van der Waals surface area contributed by atoms with Crippen molar-refractivity contribution in [2.75, 3.05) is 13.1 Å². The van der Waals surface area contributed by atoms with E-state index in [0.29, 0.717) is 12.1 Å². The maximum Gasteiger partial charge on any atom is 0.257 e. The Morgan fingerprint density at radius 3 is 2.78 bits per heavy atom. The van der Waals surface area contributed by atoms with Gasteiger partial charge in [0.05, 0.1) is 23.1 Å². The summed E-state index contributed by atoms with van der Waals surface area (Å²) >= 11 is 3.44. The average Bonchev–Trinajstić information content (AvgIpc) is 2.98. The maximum atomic E-state index is 12.8. The van der Waals surface area contributed by atoms with Gasteiger partial charge in [-0.3, -0.25) is 4.79 Å². The van der Waals surface area contributed by atoms with E-state index in [-0.39, 0.29) is 11.9 Å². The number of hydrogen-bond acceptors (Lipinski definition) is 3. The summed E-state index contributed by atoms with van der Waals surface area (Å²) in [5.74, 6) is 0.0420. The number of nitrogens with zero attached hydrogens (tertiary/aromatic N) is 3. The van der Waals surface area contributed by atoms with Crippen LogP contribution in [0.15, 0.2) is 34.9 Å². The van der Waals surface area contributed by atoms with Crippen LogP contribution in [0.25, 0.3) is 5.69 Å². The minimum absolute atomic E-state index is 0.0420. The molecular formula is C17H21BrN4O. The summed E-state index contributed by atoms with van der Waals surface area (Å²) in [6.07, 6.45) is 4.39. The number of nitrogens with two attached hydrogens (primary N) is 1. The maximum absolute atomic E-state index is 12.8. The van der Waals surface area contributed by atoms with E-state index in [0.717, 1.165) is 41.7 Å². The fourth-order valence-corrected chi connectivity index (χ4v) is 3.33. The Bertz CT molecular complexity index is 695. The molecule has 1 unspecified atom stereocenters. The first-order valence-electron chi connectivity index (χ1n) is 7.98. The van der Waals surface area contributed by atoms with Crippen molar-refractivity contribution < 1.29 is 4.79 Å². The molecule has 0 aliphatic carbocycles. The lowest BCUT2D eigenvalue weighted by Crippen LogP contribution is -2.45. The Balaban J connectivity index is 1.91. The summed E-state index contributed by atoms with van der Waals surface area (Å²) in [7, 11) is 0. The molecule has 2 N–H and O–H groups in total. The van der Waals surface area contributed by atoms with E-state index < -0.39 is 0 Å². The van der Waals surface area contributed by atoms with Gasteiger partial charge in [0.15, 0.2) is 0 Å². The number of aromatic nitrogens is 2. The van der Waals surface area contributed by atoms with E-state index in [1.165, 1.54) is 0 Å². The van der Waals surface area contributed by atoms with Crippen molar-refractivity contribution in [1.82, 2.24) is 14.7 Å². The van der Waals surface area contributed by atoms with E-state index in [4.69, 9.17) is 5.73 Å². The standard InChI is InChI=1S/C17H21BrN4O/c1-2-16-15(17(23)21-9-3-4-13(19)11-21)10-20-22(16)14-7-5-12(18)6-8-14/h5-8,10,13H,2-4,9,11,19H2,1H3. The second-order valence-electron chi connectivity index (χ2n) is 5.90. The molecule has 1 atom stereocenters. The van der Waals surface area contributed by atoms with Crippen molar-refractivity contribution in [3.05, 3.63) is 46.2 Å². The van der Waals surface area contributed by atoms with E-state index >= 15 is 0 Å². The third kappa shape index (κ3) is 3.33. The van der Waals surface area contributed by atoms with Gasteiger partial charge in [-0.15, -0.1) is 0 Å². The number of likely N-dealkylation sites (tertiary alicyclic amines) is 1. The first kappa shape index (κ1) is 16.2. The highest BCUT2D eigenvalue weighted by molar-refractivity contribution is 9.10. The highest BCUT2D eigenvalue weighted by Gasteiger charge is 2.26. The molecular weight excluding hydrogens is 356 g/mol. The summed E-state index contributed by atoms with van der Waals surface area (Å²) < 4.78 is 2.87. The van der Waals surface area contributed by atoms with Crippen LogP contribution in [0.2, 0.25) is 0 Å². The van der Waals surface area contributed by atoms with E-state index in [1.807, 2.05) is 40.8 Å². The fourth-order valence-electron chi connectivity index (χ4n) is 3.06. The number of hydrogen-bond donors (Lipinski definition) is 1. The predicted octanol–water partition coefficient (Wildman–Crippen LogP) is 2.76. The summed E-state index contributed by atoms with van der Waals surface area (Å²) in [5, 5.41) is 4.44. The molecule has 2 heterocycles. The summed E-state index contributed by atoms with van der Waals surface area (Å²) in [5.41, 5.74) is 8.59. The lowest BCUT2D eigenvalue weighted by atomic mass is 10.1. The molecule has 23 heavy (non-hydrogen) atoms. The van der Waals surface area contributed by atoms with Gasteiger partial charge in [-0.25, -0.2) is 4.68 Å². The fraction of sp³-hybridized carbons (Fsp3) is 0.412. The van der Waals surface area contributed by atoms with Gasteiger partial charge in [0, 0.05) is 23.6 Å². The number of piperidine rings is 1. The van der Waals surface area contributed by atoms with Gasteiger partial charge in [0.2, 0.25) is 0 Å². The number of carbonyl (C=O) groups is 1. The van der Waals surface area contributed by atoms with Gasteiger partial charge in [-0.2, -0.15) is 5.10 Å². The highest BCUT2D eigenvalue weighted by atomic mass is 79.9. The first-order valence-corrected chi connectivity index (χ1v) is 8.77. The minimum atomic E-state index is 0.0420. The Morgan fingerprint density at radius 1 is 1.39 bits per heavy atom. The molecule has 2 aromatic rings.